The fourth-order valence-electron chi connectivity index (χ4n) is 4.02. The first-order valence-corrected chi connectivity index (χ1v) is 14.2. The first-order valence-electron chi connectivity index (χ1n) is 14.2. The molecular formula is C28H54N6O5. The molecule has 11 heteroatoms. The molecule has 0 aliphatic heterocycles. The molecule has 6 N–H and O–H groups in total. The van der Waals surface area contributed by atoms with E-state index in [1.807, 2.05) is 34.6 Å². The third kappa shape index (κ3) is 14.9. The van der Waals surface area contributed by atoms with Gasteiger partial charge in [0.05, 0.1) is 6.04 Å². The van der Waals surface area contributed by atoms with Crippen LogP contribution in [0, 0.1) is 17.8 Å². The molecule has 0 saturated carbocycles. The van der Waals surface area contributed by atoms with Crippen LogP contribution in [-0.4, -0.2) is 72.8 Å². The maximum absolute atomic E-state index is 13.3. The monoisotopic (exact) mass is 554 g/mol. The van der Waals surface area contributed by atoms with E-state index >= 15 is 0 Å². The van der Waals surface area contributed by atoms with Crippen molar-refractivity contribution >= 4 is 29.5 Å². The standard InChI is InChI=1S/C28H54N6O5/c1-15(2)12-18(7)30-27(38)22(13-16(3)4)34-28(39)23(14-17(5)6)33-26(37)21(10)32-25(36)20(9)31-24(35)19(8)29-11/h15-23,29H,12-14H2,1-11H3,(H,30,38)(H,31,35)(H,32,36)(H,33,37)(H,34,39). The third-order valence-electron chi connectivity index (χ3n) is 6.22. The minimum absolute atomic E-state index is 0.0340. The third-order valence-corrected chi connectivity index (χ3v) is 6.22. The maximum atomic E-state index is 13.3. The second-order valence-electron chi connectivity index (χ2n) is 11.9. The summed E-state index contributed by atoms with van der Waals surface area (Å²) in [5, 5.41) is 16.5. The quantitative estimate of drug-likeness (QED) is 0.159. The van der Waals surface area contributed by atoms with Crippen molar-refractivity contribution in [2.45, 2.75) is 125 Å². The normalized spacial score (nSPS) is 16.1. The van der Waals surface area contributed by atoms with Crippen LogP contribution < -0.4 is 31.9 Å². The van der Waals surface area contributed by atoms with E-state index in [1.165, 1.54) is 13.8 Å². The van der Waals surface area contributed by atoms with Crippen molar-refractivity contribution in [2.24, 2.45) is 17.8 Å². The zero-order chi connectivity index (χ0) is 30.4. The average Bonchev–Trinajstić information content (AvgIpc) is 2.80. The number of carbonyl (C=O) groups is 5. The molecule has 0 rings (SSSR count). The molecular weight excluding hydrogens is 500 g/mol. The van der Waals surface area contributed by atoms with Crippen LogP contribution in [0.1, 0.15) is 88.5 Å². The fourth-order valence-corrected chi connectivity index (χ4v) is 4.02. The van der Waals surface area contributed by atoms with Gasteiger partial charge < -0.3 is 31.9 Å². The lowest BCUT2D eigenvalue weighted by atomic mass is 9.99. The molecule has 0 fully saturated rings. The molecule has 0 bridgehead atoms. The number of nitrogens with one attached hydrogen (secondary N) is 6. The van der Waals surface area contributed by atoms with Gasteiger partial charge in [0, 0.05) is 6.04 Å². The molecule has 0 aliphatic carbocycles. The fraction of sp³-hybridized carbons (Fsp3) is 0.821. The summed E-state index contributed by atoms with van der Waals surface area (Å²) in [6, 6.07) is -3.94. The van der Waals surface area contributed by atoms with Gasteiger partial charge in [-0.3, -0.25) is 24.0 Å². The Morgan fingerprint density at radius 1 is 0.436 bits per heavy atom. The van der Waals surface area contributed by atoms with E-state index < -0.39 is 47.9 Å². The summed E-state index contributed by atoms with van der Waals surface area (Å²) in [6.45, 7) is 18.6. The van der Waals surface area contributed by atoms with Crippen LogP contribution in [0.2, 0.25) is 0 Å². The Balaban J connectivity index is 5.38. The van der Waals surface area contributed by atoms with Crippen LogP contribution in [0.15, 0.2) is 0 Å². The van der Waals surface area contributed by atoms with Gasteiger partial charge in [-0.25, -0.2) is 0 Å². The molecule has 0 aromatic heterocycles. The number of amides is 5. The molecule has 5 amide bonds. The van der Waals surface area contributed by atoms with Gasteiger partial charge in [0.25, 0.3) is 0 Å². The zero-order valence-corrected chi connectivity index (χ0v) is 25.9. The van der Waals surface area contributed by atoms with Crippen LogP contribution in [0.5, 0.6) is 0 Å². The second-order valence-corrected chi connectivity index (χ2v) is 11.9. The summed E-state index contributed by atoms with van der Waals surface area (Å²) >= 11 is 0. The van der Waals surface area contributed by atoms with Crippen LogP contribution >= 0.6 is 0 Å². The van der Waals surface area contributed by atoms with Crippen LogP contribution in [0.25, 0.3) is 0 Å². The highest BCUT2D eigenvalue weighted by atomic mass is 16.2. The van der Waals surface area contributed by atoms with Gasteiger partial charge >= 0.3 is 0 Å². The Morgan fingerprint density at radius 2 is 0.769 bits per heavy atom. The lowest BCUT2D eigenvalue weighted by Gasteiger charge is -2.27. The number of carbonyl (C=O) groups excluding carboxylic acids is 5. The summed E-state index contributed by atoms with van der Waals surface area (Å²) < 4.78 is 0. The van der Waals surface area contributed by atoms with E-state index in [0.29, 0.717) is 18.8 Å². The highest BCUT2D eigenvalue weighted by molar-refractivity contribution is 5.95. The van der Waals surface area contributed by atoms with Crippen molar-refractivity contribution in [2.75, 3.05) is 7.05 Å². The largest absolute Gasteiger partial charge is 0.352 e. The van der Waals surface area contributed by atoms with Gasteiger partial charge in [0.15, 0.2) is 0 Å². The summed E-state index contributed by atoms with van der Waals surface area (Å²) in [7, 11) is 1.63. The van der Waals surface area contributed by atoms with Crippen molar-refractivity contribution in [3.05, 3.63) is 0 Å². The van der Waals surface area contributed by atoms with Crippen molar-refractivity contribution in [1.82, 2.24) is 31.9 Å². The summed E-state index contributed by atoms with van der Waals surface area (Å²) in [6.07, 6.45) is 1.63. The summed E-state index contributed by atoms with van der Waals surface area (Å²) in [5.41, 5.74) is 0. The molecule has 0 aromatic carbocycles. The van der Waals surface area contributed by atoms with E-state index in [9.17, 15) is 24.0 Å². The van der Waals surface area contributed by atoms with Crippen LogP contribution in [-0.2, 0) is 24.0 Å². The minimum Gasteiger partial charge on any atom is -0.352 e. The zero-order valence-electron chi connectivity index (χ0n) is 25.9. The Labute approximate surface area is 235 Å². The molecule has 0 spiro atoms. The number of likely N-dealkylation sites (N-methyl/N-ethyl adjacent to an activating group) is 1. The van der Waals surface area contributed by atoms with Gasteiger partial charge in [-0.15, -0.1) is 0 Å². The van der Waals surface area contributed by atoms with Crippen molar-refractivity contribution in [3.63, 3.8) is 0 Å². The molecule has 226 valence electrons. The first-order chi connectivity index (χ1) is 18.0. The Bertz CT molecular complexity index is 816. The Hall–Kier alpha value is -2.69. The average molecular weight is 555 g/mol. The molecule has 39 heavy (non-hydrogen) atoms. The molecule has 0 saturated heterocycles. The lowest BCUT2D eigenvalue weighted by molar-refractivity contribution is -0.134. The minimum atomic E-state index is -0.951. The van der Waals surface area contributed by atoms with Gasteiger partial charge in [-0.1, -0.05) is 41.5 Å². The predicted molar refractivity (Wildman–Crippen MR) is 154 cm³/mol. The maximum Gasteiger partial charge on any atom is 0.243 e. The highest BCUT2D eigenvalue weighted by Gasteiger charge is 2.30. The second kappa shape index (κ2) is 17.8. The molecule has 0 aromatic rings. The Morgan fingerprint density at radius 3 is 1.15 bits per heavy atom. The van der Waals surface area contributed by atoms with Crippen LogP contribution in [0.3, 0.4) is 0 Å². The molecule has 0 heterocycles. The van der Waals surface area contributed by atoms with E-state index in [-0.39, 0.29) is 29.7 Å². The van der Waals surface area contributed by atoms with Gasteiger partial charge in [0.2, 0.25) is 29.5 Å². The van der Waals surface area contributed by atoms with E-state index in [4.69, 9.17) is 0 Å². The first kappa shape index (κ1) is 36.3. The summed E-state index contributed by atoms with van der Waals surface area (Å²) in [5.74, 6) is -1.44. The highest BCUT2D eigenvalue weighted by Crippen LogP contribution is 2.11. The summed E-state index contributed by atoms with van der Waals surface area (Å²) in [4.78, 5) is 63.8. The predicted octanol–water partition coefficient (Wildman–Crippen LogP) is 1.22. The van der Waals surface area contributed by atoms with E-state index in [0.717, 1.165) is 6.42 Å². The van der Waals surface area contributed by atoms with Crippen LogP contribution in [0.4, 0.5) is 0 Å². The molecule has 6 atom stereocenters. The van der Waals surface area contributed by atoms with Crippen molar-refractivity contribution in [3.8, 4) is 0 Å². The number of hydrogen-bond acceptors (Lipinski definition) is 6. The number of hydrogen-bond donors (Lipinski definition) is 6. The van der Waals surface area contributed by atoms with Crippen molar-refractivity contribution in [1.29, 1.82) is 0 Å². The molecule has 0 radical (unpaired) electrons. The molecule has 0 aliphatic rings. The van der Waals surface area contributed by atoms with Gasteiger partial charge in [0.1, 0.15) is 24.2 Å². The Kier molecular flexibility index (Phi) is 16.6. The van der Waals surface area contributed by atoms with Gasteiger partial charge in [-0.2, -0.15) is 0 Å². The molecule has 11 nitrogen and oxygen atoms in total. The SMILES string of the molecule is CNC(C)C(=O)NC(C)C(=O)NC(C)C(=O)NC(CC(C)C)C(=O)NC(CC(C)C)C(=O)NC(C)CC(C)C. The topological polar surface area (TPSA) is 158 Å². The van der Waals surface area contributed by atoms with Gasteiger partial charge in [-0.05, 0) is 71.8 Å². The van der Waals surface area contributed by atoms with E-state index in [1.54, 1.807) is 14.0 Å². The van der Waals surface area contributed by atoms with E-state index in [2.05, 4.69) is 45.7 Å². The lowest BCUT2D eigenvalue weighted by Crippen LogP contribution is -2.58. The molecule has 6 unspecified atom stereocenters. The van der Waals surface area contributed by atoms with Crippen molar-refractivity contribution < 1.29 is 24.0 Å². The smallest absolute Gasteiger partial charge is 0.243 e. The number of rotatable bonds is 17.